The smallest absolute Gasteiger partial charge is 0.0608 e. The second kappa shape index (κ2) is 7.61. The molecule has 0 radical (unpaired) electrons. The summed E-state index contributed by atoms with van der Waals surface area (Å²) < 4.78 is 0. The Morgan fingerprint density at radius 2 is 2.06 bits per heavy atom. The third-order valence-electron chi connectivity index (χ3n) is 2.65. The fraction of sp³-hybridized carbons (Fsp3) is 0.538. The normalized spacial score (nSPS) is 14.5. The van der Waals surface area contributed by atoms with E-state index in [0.29, 0.717) is 5.02 Å². The molecule has 0 saturated carbocycles. The molecule has 0 heterocycles. The highest BCUT2D eigenvalue weighted by Crippen LogP contribution is 2.30. The van der Waals surface area contributed by atoms with Crippen LogP contribution in [0.25, 0.3) is 0 Å². The van der Waals surface area contributed by atoms with Crippen molar-refractivity contribution in [3.05, 3.63) is 28.2 Å². The SMILES string of the molecule is CC(N)(CO)CCCCSc1cc(Cl)ccc1Cl. The maximum atomic E-state index is 9.03. The Morgan fingerprint density at radius 1 is 1.33 bits per heavy atom. The van der Waals surface area contributed by atoms with E-state index in [1.807, 2.05) is 19.1 Å². The first kappa shape index (κ1) is 16.1. The first-order valence-electron chi connectivity index (χ1n) is 5.92. The van der Waals surface area contributed by atoms with Crippen molar-refractivity contribution >= 4 is 35.0 Å². The van der Waals surface area contributed by atoms with Gasteiger partial charge in [-0.15, -0.1) is 11.8 Å². The monoisotopic (exact) mass is 307 g/mol. The fourth-order valence-electron chi connectivity index (χ4n) is 1.48. The molecule has 0 saturated heterocycles. The molecule has 0 bridgehead atoms. The van der Waals surface area contributed by atoms with Gasteiger partial charge in [-0.3, -0.25) is 0 Å². The van der Waals surface area contributed by atoms with E-state index in [9.17, 15) is 0 Å². The molecule has 3 N–H and O–H groups in total. The Labute approximate surface area is 123 Å². The maximum absolute atomic E-state index is 9.03. The number of unbranched alkanes of at least 4 members (excludes halogenated alkanes) is 1. The van der Waals surface area contributed by atoms with Crippen molar-refractivity contribution in [2.45, 2.75) is 36.6 Å². The van der Waals surface area contributed by atoms with Crippen LogP contribution in [0.4, 0.5) is 0 Å². The predicted octanol–water partition coefficient (Wildman–Crippen LogP) is 3.97. The van der Waals surface area contributed by atoms with E-state index < -0.39 is 5.54 Å². The number of hydrogen-bond donors (Lipinski definition) is 2. The van der Waals surface area contributed by atoms with Crippen molar-refractivity contribution in [2.75, 3.05) is 12.4 Å². The molecule has 1 atom stereocenters. The van der Waals surface area contributed by atoms with Gasteiger partial charge in [0, 0.05) is 15.5 Å². The topological polar surface area (TPSA) is 46.2 Å². The lowest BCUT2D eigenvalue weighted by Crippen LogP contribution is -2.39. The number of nitrogens with two attached hydrogens (primary N) is 1. The third-order valence-corrected chi connectivity index (χ3v) is 4.47. The van der Waals surface area contributed by atoms with Crippen LogP contribution in [0.3, 0.4) is 0 Å². The number of benzene rings is 1. The number of aliphatic hydroxyl groups excluding tert-OH is 1. The van der Waals surface area contributed by atoms with Crippen LogP contribution in [0.15, 0.2) is 23.1 Å². The average molecular weight is 308 g/mol. The summed E-state index contributed by atoms with van der Waals surface area (Å²) in [6.07, 6.45) is 2.87. The van der Waals surface area contributed by atoms with Gasteiger partial charge in [0.05, 0.1) is 11.6 Å². The highest BCUT2D eigenvalue weighted by Gasteiger charge is 2.15. The highest BCUT2D eigenvalue weighted by atomic mass is 35.5. The molecule has 1 rings (SSSR count). The lowest BCUT2D eigenvalue weighted by Gasteiger charge is -2.21. The van der Waals surface area contributed by atoms with Crippen molar-refractivity contribution in [2.24, 2.45) is 5.73 Å². The van der Waals surface area contributed by atoms with Crippen LogP contribution in [0.5, 0.6) is 0 Å². The van der Waals surface area contributed by atoms with Crippen LogP contribution in [0.2, 0.25) is 10.0 Å². The van der Waals surface area contributed by atoms with Crippen LogP contribution in [0.1, 0.15) is 26.2 Å². The standard InChI is InChI=1S/C13H19Cl2NOS/c1-13(16,9-17)6-2-3-7-18-12-8-10(14)4-5-11(12)15/h4-5,8,17H,2-3,6-7,9,16H2,1H3. The van der Waals surface area contributed by atoms with Gasteiger partial charge in [0.1, 0.15) is 0 Å². The second-order valence-electron chi connectivity index (χ2n) is 4.69. The Balaban J connectivity index is 2.28. The largest absolute Gasteiger partial charge is 0.394 e. The van der Waals surface area contributed by atoms with Gasteiger partial charge < -0.3 is 10.8 Å². The van der Waals surface area contributed by atoms with E-state index >= 15 is 0 Å². The number of thioether (sulfide) groups is 1. The van der Waals surface area contributed by atoms with Crippen molar-refractivity contribution in [3.8, 4) is 0 Å². The summed E-state index contributed by atoms with van der Waals surface area (Å²) in [6, 6.07) is 5.49. The average Bonchev–Trinajstić information content (AvgIpc) is 2.33. The molecular weight excluding hydrogens is 289 g/mol. The Hall–Kier alpha value is 0.0700. The zero-order valence-corrected chi connectivity index (χ0v) is 12.8. The molecule has 0 aliphatic heterocycles. The predicted molar refractivity (Wildman–Crippen MR) is 80.7 cm³/mol. The van der Waals surface area contributed by atoms with Crippen LogP contribution in [-0.4, -0.2) is 23.0 Å². The second-order valence-corrected chi connectivity index (χ2v) is 6.67. The van der Waals surface area contributed by atoms with Gasteiger partial charge in [0.2, 0.25) is 0 Å². The summed E-state index contributed by atoms with van der Waals surface area (Å²) >= 11 is 13.7. The van der Waals surface area contributed by atoms with Crippen LogP contribution in [0, 0.1) is 0 Å². The zero-order valence-electron chi connectivity index (χ0n) is 10.5. The zero-order chi connectivity index (χ0) is 13.6. The van der Waals surface area contributed by atoms with Crippen molar-refractivity contribution in [1.29, 1.82) is 0 Å². The molecule has 0 aromatic heterocycles. The Morgan fingerprint density at radius 3 is 2.72 bits per heavy atom. The molecule has 0 aliphatic carbocycles. The summed E-state index contributed by atoms with van der Waals surface area (Å²) in [5.41, 5.74) is 5.40. The Kier molecular flexibility index (Phi) is 6.82. The molecule has 5 heteroatoms. The van der Waals surface area contributed by atoms with Crippen molar-refractivity contribution < 1.29 is 5.11 Å². The van der Waals surface area contributed by atoms with Gasteiger partial charge in [-0.25, -0.2) is 0 Å². The number of aliphatic hydroxyl groups is 1. The van der Waals surface area contributed by atoms with Crippen LogP contribution < -0.4 is 5.73 Å². The minimum Gasteiger partial charge on any atom is -0.394 e. The molecule has 0 spiro atoms. The summed E-state index contributed by atoms with van der Waals surface area (Å²) in [5.74, 6) is 0.974. The molecule has 0 fully saturated rings. The van der Waals surface area contributed by atoms with E-state index in [1.165, 1.54) is 0 Å². The number of halogens is 2. The van der Waals surface area contributed by atoms with E-state index in [1.54, 1.807) is 17.8 Å². The summed E-state index contributed by atoms with van der Waals surface area (Å²) in [6.45, 7) is 1.90. The van der Waals surface area contributed by atoms with E-state index in [-0.39, 0.29) is 6.61 Å². The summed E-state index contributed by atoms with van der Waals surface area (Å²) in [4.78, 5) is 1.02. The van der Waals surface area contributed by atoms with Crippen molar-refractivity contribution in [3.63, 3.8) is 0 Å². The summed E-state index contributed by atoms with van der Waals surface area (Å²) in [7, 11) is 0. The van der Waals surface area contributed by atoms with Gasteiger partial charge in [-0.2, -0.15) is 0 Å². The molecule has 1 aromatic carbocycles. The van der Waals surface area contributed by atoms with Gasteiger partial charge >= 0.3 is 0 Å². The first-order chi connectivity index (χ1) is 8.44. The lowest BCUT2D eigenvalue weighted by atomic mass is 9.98. The van der Waals surface area contributed by atoms with Crippen LogP contribution >= 0.6 is 35.0 Å². The molecule has 102 valence electrons. The van der Waals surface area contributed by atoms with Gasteiger partial charge in [0.25, 0.3) is 0 Å². The molecule has 2 nitrogen and oxygen atoms in total. The number of rotatable bonds is 7. The van der Waals surface area contributed by atoms with Crippen molar-refractivity contribution in [1.82, 2.24) is 0 Å². The highest BCUT2D eigenvalue weighted by molar-refractivity contribution is 7.99. The first-order valence-corrected chi connectivity index (χ1v) is 7.66. The van der Waals surface area contributed by atoms with Crippen LogP contribution in [-0.2, 0) is 0 Å². The minimum atomic E-state index is -0.460. The molecule has 0 aliphatic rings. The molecular formula is C13H19Cl2NOS. The maximum Gasteiger partial charge on any atom is 0.0608 e. The molecule has 18 heavy (non-hydrogen) atoms. The van der Waals surface area contributed by atoms with Gasteiger partial charge in [0.15, 0.2) is 0 Å². The lowest BCUT2D eigenvalue weighted by molar-refractivity contribution is 0.198. The number of hydrogen-bond acceptors (Lipinski definition) is 3. The quantitative estimate of drug-likeness (QED) is 0.592. The molecule has 1 unspecified atom stereocenters. The Bertz CT molecular complexity index is 385. The van der Waals surface area contributed by atoms with Gasteiger partial charge in [-0.1, -0.05) is 29.6 Å². The van der Waals surface area contributed by atoms with E-state index in [2.05, 4.69) is 0 Å². The minimum absolute atomic E-state index is 0.0280. The van der Waals surface area contributed by atoms with E-state index in [0.717, 1.165) is 34.9 Å². The van der Waals surface area contributed by atoms with Gasteiger partial charge in [-0.05, 0) is 43.7 Å². The third kappa shape index (κ3) is 5.81. The molecule has 1 aromatic rings. The summed E-state index contributed by atoms with van der Waals surface area (Å²) in [5, 5.41) is 10.5. The fourth-order valence-corrected chi connectivity index (χ4v) is 2.98. The van der Waals surface area contributed by atoms with E-state index in [4.69, 9.17) is 34.0 Å². The molecule has 0 amide bonds.